The first-order chi connectivity index (χ1) is 12.8. The number of hydrogen-bond donors (Lipinski definition) is 2. The van der Waals surface area contributed by atoms with Gasteiger partial charge in [0.2, 0.25) is 0 Å². The second-order valence-corrected chi connectivity index (χ2v) is 6.43. The van der Waals surface area contributed by atoms with Crippen LogP contribution in [0.5, 0.6) is 0 Å². The predicted octanol–water partition coefficient (Wildman–Crippen LogP) is 3.09. The summed E-state index contributed by atoms with van der Waals surface area (Å²) in [7, 11) is 0. The van der Waals surface area contributed by atoms with E-state index in [1.54, 1.807) is 12.3 Å². The molecule has 3 heterocycles. The molecule has 26 heavy (non-hydrogen) atoms. The lowest BCUT2D eigenvalue weighted by Gasteiger charge is -2.22. The maximum absolute atomic E-state index is 12.4. The second kappa shape index (κ2) is 7.53. The van der Waals surface area contributed by atoms with Gasteiger partial charge >= 0.3 is 0 Å². The number of benzene rings is 1. The molecule has 3 aromatic rings. The first-order valence-electron chi connectivity index (χ1n) is 8.84. The Labute approximate surface area is 151 Å². The van der Waals surface area contributed by atoms with E-state index in [1.165, 1.54) is 6.42 Å². The van der Waals surface area contributed by atoms with Crippen molar-refractivity contribution in [2.75, 3.05) is 11.9 Å². The highest BCUT2D eigenvalue weighted by molar-refractivity contribution is 6.03. The Bertz CT molecular complexity index is 865. The third-order valence-corrected chi connectivity index (χ3v) is 4.45. The molecule has 0 aliphatic carbocycles. The molecular formula is C19H21N5O2. The van der Waals surface area contributed by atoms with Gasteiger partial charge in [-0.3, -0.25) is 14.6 Å². The van der Waals surface area contributed by atoms with Crippen LogP contribution in [0.3, 0.4) is 0 Å². The molecule has 0 spiro atoms. The summed E-state index contributed by atoms with van der Waals surface area (Å²) in [6.45, 7) is 1.52. The Kier molecular flexibility index (Phi) is 4.79. The number of anilines is 1. The Hall–Kier alpha value is -2.93. The van der Waals surface area contributed by atoms with E-state index in [0.717, 1.165) is 30.7 Å². The van der Waals surface area contributed by atoms with E-state index in [9.17, 15) is 4.79 Å². The number of aromatic nitrogens is 4. The van der Waals surface area contributed by atoms with E-state index in [2.05, 4.69) is 20.6 Å². The zero-order valence-electron chi connectivity index (χ0n) is 14.4. The van der Waals surface area contributed by atoms with Gasteiger partial charge in [-0.15, -0.1) is 0 Å². The number of nitrogens with one attached hydrogen (secondary N) is 2. The highest BCUT2D eigenvalue weighted by Crippen LogP contribution is 2.18. The largest absolute Gasteiger partial charge is 0.376 e. The SMILES string of the molecule is O=C(Nc1cnn(C[C@H]2CCCCO2)c1)c1cc(-c2ccccc2)n[nH]1. The normalized spacial score (nSPS) is 17.2. The number of nitrogens with zero attached hydrogens (tertiary/aromatic N) is 3. The van der Waals surface area contributed by atoms with Crippen molar-refractivity contribution in [3.63, 3.8) is 0 Å². The van der Waals surface area contributed by atoms with Crippen LogP contribution in [0.2, 0.25) is 0 Å². The monoisotopic (exact) mass is 351 g/mol. The average Bonchev–Trinajstić information content (AvgIpc) is 3.33. The molecule has 0 unspecified atom stereocenters. The van der Waals surface area contributed by atoms with Gasteiger partial charge in [-0.2, -0.15) is 10.2 Å². The van der Waals surface area contributed by atoms with Crippen LogP contribution in [-0.4, -0.2) is 38.6 Å². The van der Waals surface area contributed by atoms with Gasteiger partial charge in [-0.25, -0.2) is 0 Å². The van der Waals surface area contributed by atoms with Crippen LogP contribution < -0.4 is 5.32 Å². The quantitative estimate of drug-likeness (QED) is 0.740. The number of rotatable bonds is 5. The van der Waals surface area contributed by atoms with E-state index >= 15 is 0 Å². The Morgan fingerprint density at radius 3 is 3.00 bits per heavy atom. The Morgan fingerprint density at radius 2 is 2.19 bits per heavy atom. The molecule has 0 radical (unpaired) electrons. The minimum absolute atomic E-state index is 0.202. The van der Waals surface area contributed by atoms with Crippen LogP contribution in [0.25, 0.3) is 11.3 Å². The molecule has 0 saturated carbocycles. The number of ether oxygens (including phenoxy) is 1. The summed E-state index contributed by atoms with van der Waals surface area (Å²) in [5.74, 6) is -0.242. The third kappa shape index (κ3) is 3.83. The van der Waals surface area contributed by atoms with Gasteiger partial charge in [0.15, 0.2) is 0 Å². The highest BCUT2D eigenvalue weighted by atomic mass is 16.5. The molecule has 134 valence electrons. The lowest BCUT2D eigenvalue weighted by molar-refractivity contribution is 0.00401. The van der Waals surface area contributed by atoms with Crippen LogP contribution in [0.15, 0.2) is 48.8 Å². The number of amides is 1. The summed E-state index contributed by atoms with van der Waals surface area (Å²) in [4.78, 5) is 12.4. The van der Waals surface area contributed by atoms with Crippen molar-refractivity contribution in [2.24, 2.45) is 0 Å². The van der Waals surface area contributed by atoms with Crippen LogP contribution in [-0.2, 0) is 11.3 Å². The standard InChI is InChI=1S/C19H21N5O2/c25-19(18-10-17(22-23-18)14-6-2-1-3-7-14)21-15-11-20-24(12-15)13-16-8-4-5-9-26-16/h1-3,6-7,10-12,16H,4-5,8-9,13H2,(H,21,25)(H,22,23)/t16-/m1/s1. The van der Waals surface area contributed by atoms with Gasteiger partial charge in [0.25, 0.3) is 5.91 Å². The minimum Gasteiger partial charge on any atom is -0.376 e. The number of hydrogen-bond acceptors (Lipinski definition) is 4. The fourth-order valence-corrected chi connectivity index (χ4v) is 3.08. The first kappa shape index (κ1) is 16.5. The first-order valence-corrected chi connectivity index (χ1v) is 8.84. The van der Waals surface area contributed by atoms with Gasteiger partial charge in [-0.05, 0) is 25.3 Å². The van der Waals surface area contributed by atoms with Crippen molar-refractivity contribution >= 4 is 11.6 Å². The molecule has 2 aromatic heterocycles. The van der Waals surface area contributed by atoms with Crippen molar-refractivity contribution in [2.45, 2.75) is 31.9 Å². The van der Waals surface area contributed by atoms with Crippen molar-refractivity contribution in [1.29, 1.82) is 0 Å². The summed E-state index contributed by atoms with van der Waals surface area (Å²) < 4.78 is 7.54. The number of carbonyl (C=O) groups is 1. The number of aromatic amines is 1. The van der Waals surface area contributed by atoms with E-state index in [0.29, 0.717) is 17.9 Å². The van der Waals surface area contributed by atoms with Crippen molar-refractivity contribution < 1.29 is 9.53 Å². The van der Waals surface area contributed by atoms with Crippen LogP contribution in [0.1, 0.15) is 29.8 Å². The smallest absolute Gasteiger partial charge is 0.273 e. The van der Waals surface area contributed by atoms with Gasteiger partial charge in [0, 0.05) is 18.4 Å². The molecule has 0 bridgehead atoms. The Morgan fingerprint density at radius 1 is 1.31 bits per heavy atom. The summed E-state index contributed by atoms with van der Waals surface area (Å²) in [6.07, 6.45) is 7.05. The molecule has 1 amide bonds. The zero-order chi connectivity index (χ0) is 17.8. The molecule has 7 heteroatoms. The van der Waals surface area contributed by atoms with E-state index in [1.807, 2.05) is 41.2 Å². The summed E-state index contributed by atoms with van der Waals surface area (Å²) in [6, 6.07) is 11.5. The molecule has 4 rings (SSSR count). The van der Waals surface area contributed by atoms with E-state index in [4.69, 9.17) is 4.74 Å². The molecule has 7 nitrogen and oxygen atoms in total. The van der Waals surface area contributed by atoms with Crippen molar-refractivity contribution in [3.05, 3.63) is 54.5 Å². The number of H-pyrrole nitrogens is 1. The third-order valence-electron chi connectivity index (χ3n) is 4.45. The molecule has 2 N–H and O–H groups in total. The molecule has 1 fully saturated rings. The summed E-state index contributed by atoms with van der Waals surface area (Å²) >= 11 is 0. The van der Waals surface area contributed by atoms with Crippen LogP contribution in [0, 0.1) is 0 Å². The predicted molar refractivity (Wildman–Crippen MR) is 97.8 cm³/mol. The van der Waals surface area contributed by atoms with Crippen LogP contribution >= 0.6 is 0 Å². The Balaban J connectivity index is 1.38. The maximum atomic E-state index is 12.4. The molecular weight excluding hydrogens is 330 g/mol. The molecule has 1 atom stereocenters. The lowest BCUT2D eigenvalue weighted by atomic mass is 10.1. The zero-order valence-corrected chi connectivity index (χ0v) is 14.4. The minimum atomic E-state index is -0.242. The topological polar surface area (TPSA) is 84.8 Å². The second-order valence-electron chi connectivity index (χ2n) is 6.43. The fraction of sp³-hybridized carbons (Fsp3) is 0.316. The van der Waals surface area contributed by atoms with Gasteiger partial charge in [0.05, 0.1) is 30.2 Å². The molecule has 1 aliphatic heterocycles. The molecule has 1 aliphatic rings. The molecule has 1 aromatic carbocycles. The summed E-state index contributed by atoms with van der Waals surface area (Å²) in [5, 5.41) is 14.1. The molecule has 1 saturated heterocycles. The van der Waals surface area contributed by atoms with E-state index < -0.39 is 0 Å². The van der Waals surface area contributed by atoms with E-state index in [-0.39, 0.29) is 12.0 Å². The van der Waals surface area contributed by atoms with Crippen LogP contribution in [0.4, 0.5) is 5.69 Å². The lowest BCUT2D eigenvalue weighted by Crippen LogP contribution is -2.24. The maximum Gasteiger partial charge on any atom is 0.273 e. The summed E-state index contributed by atoms with van der Waals surface area (Å²) in [5.41, 5.74) is 2.76. The fourth-order valence-electron chi connectivity index (χ4n) is 3.08. The van der Waals surface area contributed by atoms with Gasteiger partial charge in [-0.1, -0.05) is 30.3 Å². The van der Waals surface area contributed by atoms with Gasteiger partial charge in [0.1, 0.15) is 5.69 Å². The van der Waals surface area contributed by atoms with Crippen molar-refractivity contribution in [1.82, 2.24) is 20.0 Å². The number of carbonyl (C=O) groups excluding carboxylic acids is 1. The van der Waals surface area contributed by atoms with Gasteiger partial charge < -0.3 is 10.1 Å². The highest BCUT2D eigenvalue weighted by Gasteiger charge is 2.16. The van der Waals surface area contributed by atoms with Crippen molar-refractivity contribution in [3.8, 4) is 11.3 Å². The average molecular weight is 351 g/mol.